The zero-order chi connectivity index (χ0) is 20.8. The van der Waals surface area contributed by atoms with E-state index in [9.17, 15) is 14.4 Å². The second-order valence-corrected chi connectivity index (χ2v) is 6.49. The number of amides is 2. The van der Waals surface area contributed by atoms with Gasteiger partial charge in [0.25, 0.3) is 5.91 Å². The van der Waals surface area contributed by atoms with Crippen molar-refractivity contribution >= 4 is 40.3 Å². The van der Waals surface area contributed by atoms with Gasteiger partial charge in [-0.3, -0.25) is 14.4 Å². The number of rotatable bonds is 7. The molecule has 150 valence electrons. The Balaban J connectivity index is 1.46. The maximum atomic E-state index is 11.9. The van der Waals surface area contributed by atoms with Crippen LogP contribution in [0.25, 0.3) is 10.9 Å². The number of aromatic nitrogens is 1. The molecule has 9 heteroatoms. The molecule has 1 aromatic carbocycles. The molecule has 0 radical (unpaired) electrons. The van der Waals surface area contributed by atoms with Crippen LogP contribution < -0.4 is 10.6 Å². The Bertz CT molecular complexity index is 1050. The van der Waals surface area contributed by atoms with Gasteiger partial charge in [-0.05, 0) is 30.7 Å². The summed E-state index contributed by atoms with van der Waals surface area (Å²) in [6.07, 6.45) is 1.35. The van der Waals surface area contributed by atoms with E-state index in [1.807, 2.05) is 31.2 Å². The van der Waals surface area contributed by atoms with Gasteiger partial charge in [0, 0.05) is 5.39 Å². The van der Waals surface area contributed by atoms with Crippen molar-refractivity contribution in [3.63, 3.8) is 0 Å². The molecule has 0 saturated heterocycles. The van der Waals surface area contributed by atoms with Gasteiger partial charge >= 0.3 is 5.97 Å². The topological polar surface area (TPSA) is 111 Å². The maximum absolute atomic E-state index is 11.9. The van der Waals surface area contributed by atoms with Crippen molar-refractivity contribution in [2.75, 3.05) is 13.1 Å². The Morgan fingerprint density at radius 1 is 1.10 bits per heavy atom. The van der Waals surface area contributed by atoms with Crippen molar-refractivity contribution < 1.29 is 23.5 Å². The molecule has 0 aliphatic rings. The zero-order valence-corrected chi connectivity index (χ0v) is 16.3. The highest BCUT2D eigenvalue weighted by Gasteiger charge is 2.14. The van der Waals surface area contributed by atoms with Crippen LogP contribution in [0.3, 0.4) is 0 Å². The van der Waals surface area contributed by atoms with Gasteiger partial charge in [-0.25, -0.2) is 4.98 Å². The molecule has 3 rings (SSSR count). The van der Waals surface area contributed by atoms with E-state index in [1.54, 1.807) is 6.07 Å². The van der Waals surface area contributed by atoms with E-state index in [1.165, 1.54) is 12.3 Å². The number of carbonyl (C=O) groups is 3. The molecular weight excluding hydrogens is 398 g/mol. The van der Waals surface area contributed by atoms with Crippen LogP contribution in [-0.4, -0.2) is 35.9 Å². The van der Waals surface area contributed by atoms with Gasteiger partial charge in [-0.15, -0.1) is 0 Å². The molecule has 0 spiro atoms. The summed E-state index contributed by atoms with van der Waals surface area (Å²) in [5, 5.41) is 6.09. The van der Waals surface area contributed by atoms with E-state index in [4.69, 9.17) is 20.8 Å². The highest BCUT2D eigenvalue weighted by molar-refractivity contribution is 6.32. The van der Waals surface area contributed by atoms with E-state index < -0.39 is 17.8 Å². The summed E-state index contributed by atoms with van der Waals surface area (Å²) < 4.78 is 10.1. The minimum atomic E-state index is -0.653. The van der Waals surface area contributed by atoms with Gasteiger partial charge in [-0.1, -0.05) is 29.8 Å². The van der Waals surface area contributed by atoms with Crippen LogP contribution in [0, 0.1) is 6.92 Å². The van der Waals surface area contributed by atoms with Crippen LogP contribution in [0.1, 0.15) is 21.8 Å². The van der Waals surface area contributed by atoms with Crippen LogP contribution in [0.4, 0.5) is 0 Å². The summed E-state index contributed by atoms with van der Waals surface area (Å²) >= 11 is 6.32. The summed E-state index contributed by atoms with van der Waals surface area (Å²) in [5.74, 6) is -1.63. The van der Waals surface area contributed by atoms with Crippen molar-refractivity contribution in [3.05, 3.63) is 64.7 Å². The average Bonchev–Trinajstić information content (AvgIpc) is 3.27. The summed E-state index contributed by atoms with van der Waals surface area (Å²) in [5.41, 5.74) is 2.04. The second kappa shape index (κ2) is 9.20. The first-order chi connectivity index (χ1) is 14.0. The van der Waals surface area contributed by atoms with Crippen molar-refractivity contribution in [3.8, 4) is 0 Å². The quantitative estimate of drug-likeness (QED) is 0.573. The molecule has 3 aromatic rings. The Kier molecular flexibility index (Phi) is 6.46. The molecule has 0 fully saturated rings. The highest BCUT2D eigenvalue weighted by atomic mass is 35.5. The number of pyridine rings is 1. The number of para-hydroxylation sites is 1. The third-order valence-electron chi connectivity index (χ3n) is 4.10. The number of furan rings is 1. The summed E-state index contributed by atoms with van der Waals surface area (Å²) in [4.78, 5) is 39.7. The smallest absolute Gasteiger partial charge is 0.325 e. The Hall–Kier alpha value is -3.39. The minimum Gasteiger partial charge on any atom is -0.459 e. The van der Waals surface area contributed by atoms with Crippen molar-refractivity contribution in [1.82, 2.24) is 15.6 Å². The molecule has 0 saturated carbocycles. The predicted molar refractivity (Wildman–Crippen MR) is 105 cm³/mol. The van der Waals surface area contributed by atoms with E-state index in [0.29, 0.717) is 10.7 Å². The third kappa shape index (κ3) is 5.11. The first kappa shape index (κ1) is 20.3. The molecule has 29 heavy (non-hydrogen) atoms. The standard InChI is InChI=1S/C20H18ClN3O5/c1-12-13-5-2-3-6-14(13)24-15(19(12)21)11-29-18(26)10-22-17(25)9-23-20(27)16-7-4-8-28-16/h2-8H,9-11H2,1H3,(H,22,25)(H,23,27). The van der Waals surface area contributed by atoms with E-state index in [0.717, 1.165) is 16.5 Å². The van der Waals surface area contributed by atoms with Gasteiger partial charge in [0.1, 0.15) is 13.2 Å². The monoisotopic (exact) mass is 415 g/mol. The number of hydrogen-bond donors (Lipinski definition) is 2. The molecule has 0 atom stereocenters. The van der Waals surface area contributed by atoms with Gasteiger partial charge in [0.15, 0.2) is 5.76 Å². The van der Waals surface area contributed by atoms with Gasteiger partial charge in [0.2, 0.25) is 5.91 Å². The highest BCUT2D eigenvalue weighted by Crippen LogP contribution is 2.27. The first-order valence-electron chi connectivity index (χ1n) is 8.73. The number of halogens is 1. The fourth-order valence-corrected chi connectivity index (χ4v) is 2.80. The van der Waals surface area contributed by atoms with Gasteiger partial charge in [-0.2, -0.15) is 0 Å². The molecule has 0 unspecified atom stereocenters. The van der Waals surface area contributed by atoms with Crippen LogP contribution in [0.15, 0.2) is 47.1 Å². The Morgan fingerprint density at radius 3 is 2.66 bits per heavy atom. The number of esters is 1. The Labute approximate surface area is 171 Å². The molecule has 2 amide bonds. The molecular formula is C20H18ClN3O5. The lowest BCUT2D eigenvalue weighted by molar-refractivity contribution is -0.145. The van der Waals surface area contributed by atoms with Gasteiger partial charge < -0.3 is 19.8 Å². The van der Waals surface area contributed by atoms with Crippen LogP contribution >= 0.6 is 11.6 Å². The molecule has 2 heterocycles. The molecule has 2 N–H and O–H groups in total. The number of aryl methyl sites for hydroxylation is 1. The van der Waals surface area contributed by atoms with Crippen molar-refractivity contribution in [1.29, 1.82) is 0 Å². The van der Waals surface area contributed by atoms with E-state index >= 15 is 0 Å². The predicted octanol–water partition coefficient (Wildman–Crippen LogP) is 2.38. The van der Waals surface area contributed by atoms with Crippen molar-refractivity contribution in [2.45, 2.75) is 13.5 Å². The molecule has 0 aliphatic heterocycles. The van der Waals surface area contributed by atoms with Crippen molar-refractivity contribution in [2.24, 2.45) is 0 Å². The number of benzene rings is 1. The summed E-state index contributed by atoms with van der Waals surface area (Å²) in [7, 11) is 0. The number of hydrogen-bond acceptors (Lipinski definition) is 6. The molecule has 8 nitrogen and oxygen atoms in total. The first-order valence-corrected chi connectivity index (χ1v) is 9.11. The average molecular weight is 416 g/mol. The lowest BCUT2D eigenvalue weighted by Gasteiger charge is -2.11. The fourth-order valence-electron chi connectivity index (χ4n) is 2.60. The molecule has 0 aliphatic carbocycles. The Morgan fingerprint density at radius 2 is 1.90 bits per heavy atom. The summed E-state index contributed by atoms with van der Waals surface area (Å²) in [6, 6.07) is 10.5. The number of nitrogens with zero attached hydrogens (tertiary/aromatic N) is 1. The van der Waals surface area contributed by atoms with E-state index in [2.05, 4.69) is 15.6 Å². The normalized spacial score (nSPS) is 10.6. The lowest BCUT2D eigenvalue weighted by atomic mass is 10.1. The third-order valence-corrected chi connectivity index (χ3v) is 4.60. The second-order valence-electron chi connectivity index (χ2n) is 6.11. The van der Waals surface area contributed by atoms with Gasteiger partial charge in [0.05, 0.1) is 29.0 Å². The minimum absolute atomic E-state index is 0.0901. The van der Waals surface area contributed by atoms with E-state index in [-0.39, 0.29) is 25.5 Å². The summed E-state index contributed by atoms with van der Waals surface area (Å²) in [6.45, 7) is 1.10. The zero-order valence-electron chi connectivity index (χ0n) is 15.5. The number of carbonyl (C=O) groups excluding carboxylic acids is 3. The largest absolute Gasteiger partial charge is 0.459 e. The number of ether oxygens (including phenoxy) is 1. The maximum Gasteiger partial charge on any atom is 0.325 e. The number of fused-ring (bicyclic) bond motifs is 1. The lowest BCUT2D eigenvalue weighted by Crippen LogP contribution is -2.39. The molecule has 0 bridgehead atoms. The number of nitrogens with one attached hydrogen (secondary N) is 2. The van der Waals surface area contributed by atoms with Crippen LogP contribution in [0.5, 0.6) is 0 Å². The fraction of sp³-hybridized carbons (Fsp3) is 0.200. The van der Waals surface area contributed by atoms with Crippen LogP contribution in [-0.2, 0) is 20.9 Å². The molecule has 2 aromatic heterocycles. The SMILES string of the molecule is Cc1c(Cl)c(COC(=O)CNC(=O)CNC(=O)c2ccco2)nc2ccccc12. The van der Waals surface area contributed by atoms with Crippen LogP contribution in [0.2, 0.25) is 5.02 Å².